The Morgan fingerprint density at radius 2 is 0.769 bits per heavy atom. The summed E-state index contributed by atoms with van der Waals surface area (Å²) in [6.45, 7) is -1.29. The first-order valence-corrected chi connectivity index (χ1v) is 2.96. The summed E-state index contributed by atoms with van der Waals surface area (Å²) in [5, 5.41) is 27.2. The second kappa shape index (κ2) is 40.8. The van der Waals surface area contributed by atoms with Crippen LogP contribution in [0.25, 0.3) is 0 Å². The molecule has 0 aliphatic heterocycles. The normalized spacial score (nSPS) is 6.92. The predicted octanol–water partition coefficient (Wildman–Crippen LogP) is -3.53. The van der Waals surface area contributed by atoms with Gasteiger partial charge in [0.15, 0.2) is 0 Å². The van der Waals surface area contributed by atoms with Crippen LogP contribution in [0.15, 0.2) is 0 Å². The van der Waals surface area contributed by atoms with Gasteiger partial charge in [-0.15, -0.1) is 0 Å². The minimum absolute atomic E-state index is 0. The van der Waals surface area contributed by atoms with Gasteiger partial charge in [0.1, 0.15) is 0 Å². The fourth-order valence-electron chi connectivity index (χ4n) is 0. The zero-order valence-corrected chi connectivity index (χ0v) is 8.15. The van der Waals surface area contributed by atoms with E-state index in [0.29, 0.717) is 0 Å². The Kier molecular flexibility index (Phi) is 72.3. The zero-order chi connectivity index (χ0) is 10.2. The molecule has 0 heterocycles. The molecule has 0 aromatic rings. The van der Waals surface area contributed by atoms with Gasteiger partial charge in [-0.1, -0.05) is 0 Å². The molecule has 0 N–H and O–H groups in total. The number of ether oxygens (including phenoxy) is 3. The second-order valence-corrected chi connectivity index (χ2v) is 1.22. The van der Waals surface area contributed by atoms with Crippen molar-refractivity contribution >= 4 is 8.41 Å². The van der Waals surface area contributed by atoms with Crippen LogP contribution in [-0.4, -0.2) is 50.1 Å². The Balaban J connectivity index is -0.0000000450. The number of hydrogen-bond donors (Lipinski definition) is 0. The zero-order valence-electron chi connectivity index (χ0n) is 8.15. The van der Waals surface area contributed by atoms with Crippen molar-refractivity contribution < 1.29 is 29.5 Å². The largest absolute Gasteiger partial charge is 3.00 e. The Labute approximate surface area is 80.6 Å². The number of methoxy groups -OCH3 is 3. The maximum atomic E-state index is 9.08. The minimum Gasteiger partial charge on any atom is -0.834 e. The van der Waals surface area contributed by atoms with E-state index in [1.54, 1.807) is 0 Å². The van der Waals surface area contributed by atoms with E-state index in [9.17, 15) is 0 Å². The van der Waals surface area contributed by atoms with Crippen LogP contribution in [0.4, 0.5) is 0 Å². The van der Waals surface area contributed by atoms with Gasteiger partial charge in [-0.2, -0.15) is 0 Å². The van der Waals surface area contributed by atoms with E-state index < -0.39 is 20.4 Å². The first-order valence-electron chi connectivity index (χ1n) is 2.96. The molecule has 0 aliphatic rings. The van der Waals surface area contributed by atoms with Crippen molar-refractivity contribution in [1.82, 2.24) is 0 Å². The van der Waals surface area contributed by atoms with Gasteiger partial charge in [-0.05, 0) is 20.4 Å². The monoisotopic (exact) mass is 194 g/mol. The molecule has 13 heavy (non-hydrogen) atoms. The average molecular weight is 194 g/mol. The summed E-state index contributed by atoms with van der Waals surface area (Å²) in [4.78, 5) is 0. The second-order valence-electron chi connectivity index (χ2n) is 1.22. The van der Waals surface area contributed by atoms with E-state index in [0.717, 1.165) is 0 Å². The Hall–Kier alpha value is -0.175. The summed E-state index contributed by atoms with van der Waals surface area (Å²) in [5.74, 6) is 0. The smallest absolute Gasteiger partial charge is 0.834 e. The minimum atomic E-state index is -0.431. The molecule has 0 bridgehead atoms. The molecule has 0 unspecified atom stereocenters. The molecule has 0 saturated carbocycles. The molecule has 0 aromatic heterocycles. The van der Waals surface area contributed by atoms with E-state index in [1.165, 1.54) is 21.3 Å². The Bertz CT molecular complexity index is 32.6. The Morgan fingerprint density at radius 1 is 0.692 bits per heavy atom. The van der Waals surface area contributed by atoms with Crippen molar-refractivity contribution in [3.63, 3.8) is 0 Å². The predicted molar refractivity (Wildman–Crippen MR) is 41.4 cm³/mol. The first-order chi connectivity index (χ1) is 5.74. The van der Waals surface area contributed by atoms with Gasteiger partial charge in [0, 0.05) is 21.3 Å². The topological polar surface area (TPSA) is 96.9 Å². The quantitative estimate of drug-likeness (QED) is 0.341. The van der Waals surface area contributed by atoms with Crippen LogP contribution in [0.2, 0.25) is 0 Å². The molecule has 0 rings (SSSR count). The summed E-state index contributed by atoms with van der Waals surface area (Å²) in [5.41, 5.74) is 0. The summed E-state index contributed by atoms with van der Waals surface area (Å²) in [7, 11) is 4.10. The van der Waals surface area contributed by atoms with Crippen LogP contribution in [0, 0.1) is 0 Å². The SMILES string of the molecule is COC[O-].COC[O-].COC[O-].[B+3]. The van der Waals surface area contributed by atoms with Crippen molar-refractivity contribution in [1.29, 1.82) is 0 Å². The number of rotatable bonds is 3. The average Bonchev–Trinajstić information content (AvgIpc) is 2.18. The van der Waals surface area contributed by atoms with E-state index in [4.69, 9.17) is 15.3 Å². The van der Waals surface area contributed by atoms with Gasteiger partial charge in [0.25, 0.3) is 0 Å². The molecule has 0 radical (unpaired) electrons. The molecular formula is C6H15BO6. The van der Waals surface area contributed by atoms with Gasteiger partial charge in [-0.3, -0.25) is 0 Å². The van der Waals surface area contributed by atoms with Crippen LogP contribution in [0.5, 0.6) is 0 Å². The van der Waals surface area contributed by atoms with Crippen molar-refractivity contribution in [2.24, 2.45) is 0 Å². The first kappa shape index (κ1) is 23.0. The van der Waals surface area contributed by atoms with E-state index >= 15 is 0 Å². The van der Waals surface area contributed by atoms with Crippen LogP contribution >= 0.6 is 0 Å². The van der Waals surface area contributed by atoms with Gasteiger partial charge >= 0.3 is 8.41 Å². The third kappa shape index (κ3) is 143. The third-order valence-corrected chi connectivity index (χ3v) is 0.354. The van der Waals surface area contributed by atoms with Gasteiger partial charge < -0.3 is 29.5 Å². The molecule has 0 saturated heterocycles. The van der Waals surface area contributed by atoms with Gasteiger partial charge in [0.05, 0.1) is 0 Å². The number of hydrogen-bond acceptors (Lipinski definition) is 6. The molecule has 0 aliphatic carbocycles. The van der Waals surface area contributed by atoms with E-state index in [1.807, 2.05) is 0 Å². The van der Waals surface area contributed by atoms with Crippen LogP contribution in [-0.2, 0) is 14.2 Å². The maximum absolute atomic E-state index is 9.08. The molecule has 0 fully saturated rings. The molecule has 0 amide bonds. The van der Waals surface area contributed by atoms with Gasteiger partial charge in [-0.25, -0.2) is 0 Å². The van der Waals surface area contributed by atoms with E-state index in [2.05, 4.69) is 14.2 Å². The summed E-state index contributed by atoms with van der Waals surface area (Å²) < 4.78 is 12.0. The molecule has 0 atom stereocenters. The van der Waals surface area contributed by atoms with Crippen LogP contribution in [0.3, 0.4) is 0 Å². The summed E-state index contributed by atoms with van der Waals surface area (Å²) in [6.07, 6.45) is 0. The summed E-state index contributed by atoms with van der Waals surface area (Å²) >= 11 is 0. The fraction of sp³-hybridized carbons (Fsp3) is 1.00. The standard InChI is InChI=1S/3C2H5O2.B/c3*1-4-2-3;/h3*2H2,1H3;/q3*-1;+3. The van der Waals surface area contributed by atoms with E-state index in [-0.39, 0.29) is 8.41 Å². The van der Waals surface area contributed by atoms with Crippen LogP contribution < -0.4 is 15.3 Å². The van der Waals surface area contributed by atoms with Crippen LogP contribution in [0.1, 0.15) is 0 Å². The molecule has 0 spiro atoms. The van der Waals surface area contributed by atoms with Crippen molar-refractivity contribution in [2.75, 3.05) is 41.7 Å². The van der Waals surface area contributed by atoms with Crippen molar-refractivity contribution in [3.8, 4) is 0 Å². The molecule has 0 aromatic carbocycles. The third-order valence-electron chi connectivity index (χ3n) is 0.354. The Morgan fingerprint density at radius 3 is 0.769 bits per heavy atom. The molecule has 78 valence electrons. The molecular weight excluding hydrogens is 179 g/mol. The molecule has 6 nitrogen and oxygen atoms in total. The van der Waals surface area contributed by atoms with Gasteiger partial charge in [0.2, 0.25) is 0 Å². The summed E-state index contributed by atoms with van der Waals surface area (Å²) in [6, 6.07) is 0. The van der Waals surface area contributed by atoms with Crippen molar-refractivity contribution in [3.05, 3.63) is 0 Å². The van der Waals surface area contributed by atoms with Crippen molar-refractivity contribution in [2.45, 2.75) is 0 Å². The maximum Gasteiger partial charge on any atom is 3.00 e. The fourth-order valence-corrected chi connectivity index (χ4v) is 0. The molecule has 7 heteroatoms.